The number of aryl methyl sites for hydroxylation is 1. The van der Waals surface area contributed by atoms with E-state index in [9.17, 15) is 4.39 Å². The number of nitrogens with one attached hydrogen (secondary N) is 1. The Bertz CT molecular complexity index is 560. The van der Waals surface area contributed by atoms with Crippen molar-refractivity contribution in [3.63, 3.8) is 0 Å². The van der Waals surface area contributed by atoms with Gasteiger partial charge >= 0.3 is 0 Å². The van der Waals surface area contributed by atoms with Gasteiger partial charge in [0, 0.05) is 16.6 Å². The van der Waals surface area contributed by atoms with Gasteiger partial charge in [-0.05, 0) is 44.0 Å². The molecule has 1 N–H and O–H groups in total. The highest BCUT2D eigenvalue weighted by atomic mass is 35.5. The summed E-state index contributed by atoms with van der Waals surface area (Å²) < 4.78 is 14.2. The fourth-order valence-corrected chi connectivity index (χ4v) is 2.69. The lowest BCUT2D eigenvalue weighted by Gasteiger charge is -2.21. The van der Waals surface area contributed by atoms with Crippen LogP contribution < -0.4 is 5.32 Å². The van der Waals surface area contributed by atoms with Gasteiger partial charge in [-0.3, -0.25) is 0 Å². The first-order chi connectivity index (χ1) is 10.1. The zero-order chi connectivity index (χ0) is 15.2. The van der Waals surface area contributed by atoms with Crippen molar-refractivity contribution in [2.24, 2.45) is 0 Å². The topological polar surface area (TPSA) is 12.0 Å². The maximum Gasteiger partial charge on any atom is 0.129 e. The van der Waals surface area contributed by atoms with E-state index >= 15 is 0 Å². The summed E-state index contributed by atoms with van der Waals surface area (Å²) in [5.41, 5.74) is 2.96. The molecule has 0 heterocycles. The lowest BCUT2D eigenvalue weighted by atomic mass is 9.97. The van der Waals surface area contributed by atoms with Crippen LogP contribution in [-0.4, -0.2) is 6.54 Å². The summed E-state index contributed by atoms with van der Waals surface area (Å²) in [6.07, 6.45) is 1.72. The van der Waals surface area contributed by atoms with E-state index in [4.69, 9.17) is 11.6 Å². The van der Waals surface area contributed by atoms with Crippen LogP contribution in [0.1, 0.15) is 36.1 Å². The number of halogens is 2. The molecular formula is C18H21ClFN. The second kappa shape index (κ2) is 7.58. The predicted octanol–water partition coefficient (Wildman–Crippen LogP) is 5.07. The molecule has 3 heteroatoms. The van der Waals surface area contributed by atoms with Gasteiger partial charge in [0.25, 0.3) is 0 Å². The lowest BCUT2D eigenvalue weighted by molar-refractivity contribution is 0.497. The molecule has 0 aromatic heterocycles. The first-order valence-corrected chi connectivity index (χ1v) is 7.72. The third-order valence-electron chi connectivity index (χ3n) is 3.55. The van der Waals surface area contributed by atoms with Crippen molar-refractivity contribution in [2.75, 3.05) is 6.54 Å². The van der Waals surface area contributed by atoms with Crippen LogP contribution in [0.25, 0.3) is 0 Å². The fourth-order valence-electron chi connectivity index (χ4n) is 2.40. The Balaban J connectivity index is 2.27. The molecule has 2 aromatic rings. The first-order valence-electron chi connectivity index (χ1n) is 7.34. The zero-order valence-corrected chi connectivity index (χ0v) is 13.3. The molecule has 0 spiro atoms. The second-order valence-corrected chi connectivity index (χ2v) is 5.74. The van der Waals surface area contributed by atoms with Crippen LogP contribution in [0, 0.1) is 12.7 Å². The zero-order valence-electron chi connectivity index (χ0n) is 12.5. The molecule has 0 aliphatic carbocycles. The van der Waals surface area contributed by atoms with Crippen molar-refractivity contribution in [1.29, 1.82) is 0 Å². The summed E-state index contributed by atoms with van der Waals surface area (Å²) in [6.45, 7) is 4.99. The number of rotatable bonds is 6. The molecule has 0 bridgehead atoms. The SMILES string of the molecule is CCCNC(Cc1ccc(C)cc1)c1c(F)cccc1Cl. The summed E-state index contributed by atoms with van der Waals surface area (Å²) in [5.74, 6) is -0.247. The maximum atomic E-state index is 14.2. The smallest absolute Gasteiger partial charge is 0.129 e. The highest BCUT2D eigenvalue weighted by molar-refractivity contribution is 6.31. The monoisotopic (exact) mass is 305 g/mol. The van der Waals surface area contributed by atoms with Crippen LogP contribution >= 0.6 is 11.6 Å². The molecule has 0 aliphatic rings. The largest absolute Gasteiger partial charge is 0.310 e. The Morgan fingerprint density at radius 2 is 1.86 bits per heavy atom. The van der Waals surface area contributed by atoms with Crippen LogP contribution in [0.2, 0.25) is 5.02 Å². The Kier molecular flexibility index (Phi) is 5.77. The molecule has 2 aromatic carbocycles. The fraction of sp³-hybridized carbons (Fsp3) is 0.333. The molecule has 2 rings (SSSR count). The van der Waals surface area contributed by atoms with E-state index < -0.39 is 0 Å². The number of benzene rings is 2. The standard InChI is InChI=1S/C18H21ClFN/c1-3-11-21-17(12-14-9-7-13(2)8-10-14)18-15(19)5-4-6-16(18)20/h4-10,17,21H,3,11-12H2,1-2H3. The minimum atomic E-state index is -0.247. The van der Waals surface area contributed by atoms with Crippen molar-refractivity contribution in [3.05, 3.63) is 70.0 Å². The maximum absolute atomic E-state index is 14.2. The summed E-state index contributed by atoms with van der Waals surface area (Å²) in [5, 5.41) is 3.89. The van der Waals surface area contributed by atoms with Crippen LogP contribution in [-0.2, 0) is 6.42 Å². The average molecular weight is 306 g/mol. The molecule has 0 saturated carbocycles. The molecule has 1 unspecified atom stereocenters. The summed E-state index contributed by atoms with van der Waals surface area (Å²) in [6, 6.07) is 13.1. The Morgan fingerprint density at radius 1 is 1.14 bits per heavy atom. The van der Waals surface area contributed by atoms with Gasteiger partial charge in [-0.15, -0.1) is 0 Å². The number of hydrogen-bond donors (Lipinski definition) is 1. The first kappa shape index (κ1) is 16.0. The molecule has 21 heavy (non-hydrogen) atoms. The van der Waals surface area contributed by atoms with Crippen molar-refractivity contribution in [2.45, 2.75) is 32.7 Å². The van der Waals surface area contributed by atoms with E-state index in [1.54, 1.807) is 12.1 Å². The normalized spacial score (nSPS) is 12.4. The second-order valence-electron chi connectivity index (χ2n) is 5.33. The van der Waals surface area contributed by atoms with Gasteiger partial charge in [-0.25, -0.2) is 4.39 Å². The molecule has 0 saturated heterocycles. The number of hydrogen-bond acceptors (Lipinski definition) is 1. The van der Waals surface area contributed by atoms with E-state index in [0.29, 0.717) is 10.6 Å². The van der Waals surface area contributed by atoms with Crippen LogP contribution in [0.5, 0.6) is 0 Å². The Labute approximate surface area is 131 Å². The Morgan fingerprint density at radius 3 is 2.48 bits per heavy atom. The van der Waals surface area contributed by atoms with Gasteiger partial charge in [0.2, 0.25) is 0 Å². The highest BCUT2D eigenvalue weighted by Gasteiger charge is 2.18. The van der Waals surface area contributed by atoms with Crippen molar-refractivity contribution < 1.29 is 4.39 Å². The average Bonchev–Trinajstić information content (AvgIpc) is 2.46. The van der Waals surface area contributed by atoms with E-state index in [0.717, 1.165) is 19.4 Å². The predicted molar refractivity (Wildman–Crippen MR) is 87.3 cm³/mol. The lowest BCUT2D eigenvalue weighted by Crippen LogP contribution is -2.25. The summed E-state index contributed by atoms with van der Waals surface area (Å²) in [7, 11) is 0. The van der Waals surface area contributed by atoms with Crippen LogP contribution in [0.3, 0.4) is 0 Å². The van der Waals surface area contributed by atoms with E-state index in [1.165, 1.54) is 17.2 Å². The van der Waals surface area contributed by atoms with Crippen LogP contribution in [0.15, 0.2) is 42.5 Å². The van der Waals surface area contributed by atoms with Gasteiger partial charge in [0.1, 0.15) is 5.82 Å². The molecule has 0 fully saturated rings. The quantitative estimate of drug-likeness (QED) is 0.785. The van der Waals surface area contributed by atoms with Gasteiger partial charge in [0.05, 0.1) is 0 Å². The molecule has 0 aliphatic heterocycles. The van der Waals surface area contributed by atoms with Crippen molar-refractivity contribution in [1.82, 2.24) is 5.32 Å². The minimum Gasteiger partial charge on any atom is -0.310 e. The van der Waals surface area contributed by atoms with Gasteiger partial charge in [-0.1, -0.05) is 54.4 Å². The third kappa shape index (κ3) is 4.29. The van der Waals surface area contributed by atoms with Gasteiger partial charge in [-0.2, -0.15) is 0 Å². The summed E-state index contributed by atoms with van der Waals surface area (Å²) >= 11 is 6.21. The molecule has 1 nitrogen and oxygen atoms in total. The van der Waals surface area contributed by atoms with Crippen LogP contribution in [0.4, 0.5) is 4.39 Å². The van der Waals surface area contributed by atoms with Crippen molar-refractivity contribution in [3.8, 4) is 0 Å². The van der Waals surface area contributed by atoms with Gasteiger partial charge < -0.3 is 5.32 Å². The molecule has 0 amide bonds. The van der Waals surface area contributed by atoms with Gasteiger partial charge in [0.15, 0.2) is 0 Å². The third-order valence-corrected chi connectivity index (χ3v) is 3.88. The molecule has 112 valence electrons. The van der Waals surface area contributed by atoms with E-state index in [-0.39, 0.29) is 11.9 Å². The molecule has 0 radical (unpaired) electrons. The molecule has 1 atom stereocenters. The highest BCUT2D eigenvalue weighted by Crippen LogP contribution is 2.28. The van der Waals surface area contributed by atoms with E-state index in [1.807, 2.05) is 0 Å². The van der Waals surface area contributed by atoms with E-state index in [2.05, 4.69) is 43.4 Å². The minimum absolute atomic E-state index is 0.110. The Hall–Kier alpha value is -1.38. The molecular weight excluding hydrogens is 285 g/mol. The summed E-state index contributed by atoms with van der Waals surface area (Å²) in [4.78, 5) is 0. The van der Waals surface area contributed by atoms with Crippen molar-refractivity contribution >= 4 is 11.6 Å².